The molecule has 1 aromatic heterocycles. The van der Waals surface area contributed by atoms with Crippen LogP contribution < -0.4 is 4.18 Å². The summed E-state index contributed by atoms with van der Waals surface area (Å²) in [5.74, 6) is 0. The van der Waals surface area contributed by atoms with E-state index in [4.69, 9.17) is 4.18 Å². The maximum atomic E-state index is 12.0. The van der Waals surface area contributed by atoms with E-state index in [2.05, 4.69) is 9.97 Å². The Morgan fingerprint density at radius 3 is 2.37 bits per heavy atom. The minimum Gasteiger partial charge on any atom is -0.342 e. The molecule has 0 amide bonds. The first-order valence-corrected chi connectivity index (χ1v) is 7.00. The molecule has 0 unspecified atom stereocenters. The lowest BCUT2D eigenvalue weighted by Crippen LogP contribution is -2.10. The molecular formula is C13H10N2O3S. The molecule has 0 bridgehead atoms. The smallest absolute Gasteiger partial charge is 0.341 e. The first kappa shape index (κ1) is 11.7. The van der Waals surface area contributed by atoms with Gasteiger partial charge in [0.2, 0.25) is 0 Å². The summed E-state index contributed by atoms with van der Waals surface area (Å²) in [4.78, 5) is 6.97. The van der Waals surface area contributed by atoms with Gasteiger partial charge in [0.1, 0.15) is 4.90 Å². The highest BCUT2D eigenvalue weighted by molar-refractivity contribution is 7.87. The molecule has 1 N–H and O–H groups in total. The molecule has 3 aromatic rings. The van der Waals surface area contributed by atoms with Gasteiger partial charge in [0.15, 0.2) is 0 Å². The minimum atomic E-state index is -3.85. The Bertz CT molecular complexity index is 777. The average Bonchev–Trinajstić information content (AvgIpc) is 2.81. The van der Waals surface area contributed by atoms with Crippen molar-refractivity contribution < 1.29 is 12.6 Å². The lowest BCUT2D eigenvalue weighted by molar-refractivity contribution is 0.468. The van der Waals surface area contributed by atoms with E-state index in [-0.39, 0.29) is 10.9 Å². The standard InChI is InChI=1S/C13H10N2O3S/c16-19(17,10-6-2-1-3-7-10)18-13-14-11-8-4-5-9-12(11)15-13/h1-9H,(H,14,15). The lowest BCUT2D eigenvalue weighted by atomic mass is 10.3. The van der Waals surface area contributed by atoms with Gasteiger partial charge in [-0.25, -0.2) is 0 Å². The first-order valence-electron chi connectivity index (χ1n) is 5.59. The Labute approximate surface area is 110 Å². The van der Waals surface area contributed by atoms with Crippen molar-refractivity contribution in [3.8, 4) is 6.01 Å². The molecule has 1 heterocycles. The van der Waals surface area contributed by atoms with Crippen molar-refractivity contribution in [2.75, 3.05) is 0 Å². The van der Waals surface area contributed by atoms with Gasteiger partial charge in [-0.2, -0.15) is 13.4 Å². The van der Waals surface area contributed by atoms with Gasteiger partial charge in [-0.05, 0) is 24.3 Å². The fourth-order valence-electron chi connectivity index (χ4n) is 1.71. The van der Waals surface area contributed by atoms with Crippen LogP contribution >= 0.6 is 0 Å². The van der Waals surface area contributed by atoms with Gasteiger partial charge in [-0.1, -0.05) is 30.3 Å². The van der Waals surface area contributed by atoms with Crippen molar-refractivity contribution in [3.63, 3.8) is 0 Å². The predicted octanol–water partition coefficient (Wildman–Crippen LogP) is 2.33. The third-order valence-corrected chi connectivity index (χ3v) is 3.81. The van der Waals surface area contributed by atoms with Crippen LogP contribution in [0.25, 0.3) is 11.0 Å². The highest BCUT2D eigenvalue weighted by Crippen LogP contribution is 2.19. The molecule has 0 saturated carbocycles. The third-order valence-electron chi connectivity index (χ3n) is 2.59. The summed E-state index contributed by atoms with van der Waals surface area (Å²) in [6.45, 7) is 0. The zero-order valence-corrected chi connectivity index (χ0v) is 10.6. The number of nitrogens with zero attached hydrogens (tertiary/aromatic N) is 1. The molecule has 6 heteroatoms. The van der Waals surface area contributed by atoms with E-state index in [0.29, 0.717) is 5.52 Å². The van der Waals surface area contributed by atoms with E-state index < -0.39 is 10.1 Å². The van der Waals surface area contributed by atoms with Crippen LogP contribution in [0.2, 0.25) is 0 Å². The van der Waals surface area contributed by atoms with E-state index in [1.54, 1.807) is 30.3 Å². The molecule has 0 atom stereocenters. The van der Waals surface area contributed by atoms with E-state index in [1.165, 1.54) is 12.1 Å². The zero-order chi connectivity index (χ0) is 13.3. The Kier molecular flexibility index (Phi) is 2.72. The summed E-state index contributed by atoms with van der Waals surface area (Å²) < 4.78 is 29.0. The zero-order valence-electron chi connectivity index (χ0n) is 9.78. The van der Waals surface area contributed by atoms with E-state index in [0.717, 1.165) is 5.52 Å². The molecule has 96 valence electrons. The molecule has 3 rings (SSSR count). The van der Waals surface area contributed by atoms with Crippen molar-refractivity contribution in [3.05, 3.63) is 54.6 Å². The van der Waals surface area contributed by atoms with Crippen molar-refractivity contribution in [2.24, 2.45) is 0 Å². The van der Waals surface area contributed by atoms with Crippen LogP contribution in [0.1, 0.15) is 0 Å². The lowest BCUT2D eigenvalue weighted by Gasteiger charge is -2.02. The van der Waals surface area contributed by atoms with Gasteiger partial charge in [0.25, 0.3) is 0 Å². The Morgan fingerprint density at radius 1 is 0.947 bits per heavy atom. The fourth-order valence-corrected chi connectivity index (χ4v) is 2.58. The number of aromatic nitrogens is 2. The summed E-state index contributed by atoms with van der Waals surface area (Å²) in [7, 11) is -3.85. The molecule has 0 radical (unpaired) electrons. The maximum absolute atomic E-state index is 12.0. The summed E-state index contributed by atoms with van der Waals surface area (Å²) in [6.07, 6.45) is 0. The molecule has 19 heavy (non-hydrogen) atoms. The number of fused-ring (bicyclic) bond motifs is 1. The largest absolute Gasteiger partial charge is 0.342 e. The van der Waals surface area contributed by atoms with E-state index in [1.807, 2.05) is 12.1 Å². The van der Waals surface area contributed by atoms with Gasteiger partial charge in [0.05, 0.1) is 11.0 Å². The Hall–Kier alpha value is -2.34. The topological polar surface area (TPSA) is 72.1 Å². The molecule has 0 aliphatic carbocycles. The number of H-pyrrole nitrogens is 1. The molecular weight excluding hydrogens is 264 g/mol. The van der Waals surface area contributed by atoms with Gasteiger partial charge in [-0.3, -0.25) is 0 Å². The summed E-state index contributed by atoms with van der Waals surface area (Å²) in [6, 6.07) is 15.1. The number of benzene rings is 2. The molecule has 0 aliphatic rings. The number of rotatable bonds is 3. The van der Waals surface area contributed by atoms with Crippen LogP contribution in [0.15, 0.2) is 59.5 Å². The van der Waals surface area contributed by atoms with Crippen LogP contribution in [0, 0.1) is 0 Å². The third kappa shape index (κ3) is 2.30. The van der Waals surface area contributed by atoms with Crippen molar-refractivity contribution >= 4 is 21.2 Å². The Balaban J connectivity index is 1.97. The molecule has 5 nitrogen and oxygen atoms in total. The number of para-hydroxylation sites is 2. The van der Waals surface area contributed by atoms with E-state index >= 15 is 0 Å². The summed E-state index contributed by atoms with van der Waals surface area (Å²) in [5, 5.41) is 0. The number of hydrogen-bond acceptors (Lipinski definition) is 4. The monoisotopic (exact) mass is 274 g/mol. The van der Waals surface area contributed by atoms with Gasteiger partial charge in [0, 0.05) is 0 Å². The van der Waals surface area contributed by atoms with Crippen molar-refractivity contribution in [2.45, 2.75) is 4.90 Å². The fraction of sp³-hybridized carbons (Fsp3) is 0. The van der Waals surface area contributed by atoms with Crippen LogP contribution in [0.3, 0.4) is 0 Å². The predicted molar refractivity (Wildman–Crippen MR) is 70.3 cm³/mol. The van der Waals surface area contributed by atoms with E-state index in [9.17, 15) is 8.42 Å². The van der Waals surface area contributed by atoms with Gasteiger partial charge in [-0.15, -0.1) is 0 Å². The second kappa shape index (κ2) is 4.40. The highest BCUT2D eigenvalue weighted by atomic mass is 32.2. The second-order valence-corrected chi connectivity index (χ2v) is 5.46. The Morgan fingerprint density at radius 2 is 1.63 bits per heavy atom. The van der Waals surface area contributed by atoms with Crippen LogP contribution in [-0.2, 0) is 10.1 Å². The second-order valence-electron chi connectivity index (χ2n) is 3.91. The van der Waals surface area contributed by atoms with Crippen LogP contribution in [0.5, 0.6) is 6.01 Å². The average molecular weight is 274 g/mol. The number of imidazole rings is 1. The van der Waals surface area contributed by atoms with Crippen molar-refractivity contribution in [1.29, 1.82) is 0 Å². The highest BCUT2D eigenvalue weighted by Gasteiger charge is 2.18. The molecule has 0 saturated heterocycles. The molecule has 0 aliphatic heterocycles. The van der Waals surface area contributed by atoms with Gasteiger partial charge < -0.3 is 9.17 Å². The first-order chi connectivity index (χ1) is 9.15. The summed E-state index contributed by atoms with van der Waals surface area (Å²) >= 11 is 0. The minimum absolute atomic E-state index is 0.0370. The maximum Gasteiger partial charge on any atom is 0.341 e. The van der Waals surface area contributed by atoms with Crippen LogP contribution in [-0.4, -0.2) is 18.4 Å². The van der Waals surface area contributed by atoms with Gasteiger partial charge >= 0.3 is 16.1 Å². The SMILES string of the molecule is O=S(=O)(Oc1nc2ccccc2[nH]1)c1ccccc1. The normalized spacial score (nSPS) is 11.6. The number of aromatic amines is 1. The number of nitrogens with one attached hydrogen (secondary N) is 1. The van der Waals surface area contributed by atoms with Crippen LogP contribution in [0.4, 0.5) is 0 Å². The van der Waals surface area contributed by atoms with Crippen molar-refractivity contribution in [1.82, 2.24) is 9.97 Å². The summed E-state index contributed by atoms with van der Waals surface area (Å²) in [5.41, 5.74) is 1.38. The molecule has 0 spiro atoms. The molecule has 0 fully saturated rings. The quantitative estimate of drug-likeness (QED) is 0.744. The number of hydrogen-bond donors (Lipinski definition) is 1. The molecule has 2 aromatic carbocycles.